The van der Waals surface area contributed by atoms with Crippen LogP contribution in [0, 0.1) is 0 Å². The number of esters is 1. The monoisotopic (exact) mass is 250 g/mol. The van der Waals surface area contributed by atoms with Crippen LogP contribution >= 0.6 is 11.6 Å². The van der Waals surface area contributed by atoms with Crippen molar-refractivity contribution in [2.24, 2.45) is 0 Å². The predicted molar refractivity (Wildman–Crippen MR) is 70.9 cm³/mol. The molecule has 0 aliphatic heterocycles. The fraction of sp³-hybridized carbons (Fsp3) is 0.214. The van der Waals surface area contributed by atoms with Crippen molar-refractivity contribution in [3.05, 3.63) is 52.6 Å². The number of hydrogen-bond donors (Lipinski definition) is 0. The van der Waals surface area contributed by atoms with Gasteiger partial charge in [0.25, 0.3) is 0 Å². The quantitative estimate of drug-likeness (QED) is 0.461. The average Bonchev–Trinajstić information content (AvgIpc) is 2.28. The number of allylic oxidation sites excluding steroid dienone is 2. The van der Waals surface area contributed by atoms with Gasteiger partial charge in [0.2, 0.25) is 0 Å². The van der Waals surface area contributed by atoms with E-state index in [-0.39, 0.29) is 5.97 Å². The van der Waals surface area contributed by atoms with Crippen LogP contribution in [0.5, 0.6) is 0 Å². The molecule has 0 amide bonds. The molecule has 0 saturated heterocycles. The fourth-order valence-corrected chi connectivity index (χ4v) is 1.35. The molecule has 90 valence electrons. The van der Waals surface area contributed by atoms with E-state index in [0.717, 1.165) is 11.1 Å². The van der Waals surface area contributed by atoms with Gasteiger partial charge in [-0.3, -0.25) is 0 Å². The Morgan fingerprint density at radius 1 is 1.35 bits per heavy atom. The Kier molecular flexibility index (Phi) is 5.50. The van der Waals surface area contributed by atoms with E-state index in [1.54, 1.807) is 6.92 Å². The summed E-state index contributed by atoms with van der Waals surface area (Å²) in [7, 11) is 0. The molecule has 0 saturated carbocycles. The van der Waals surface area contributed by atoms with Crippen molar-refractivity contribution in [2.45, 2.75) is 13.8 Å². The van der Waals surface area contributed by atoms with Crippen LogP contribution in [0.3, 0.4) is 0 Å². The summed E-state index contributed by atoms with van der Waals surface area (Å²) in [5, 5.41) is 0.709. The maximum Gasteiger partial charge on any atom is 0.330 e. The molecule has 0 atom stereocenters. The van der Waals surface area contributed by atoms with E-state index in [9.17, 15) is 4.79 Å². The number of carbonyl (C=O) groups is 1. The van der Waals surface area contributed by atoms with E-state index >= 15 is 0 Å². The van der Waals surface area contributed by atoms with Gasteiger partial charge >= 0.3 is 5.97 Å². The van der Waals surface area contributed by atoms with Crippen LogP contribution in [-0.2, 0) is 9.53 Å². The summed E-state index contributed by atoms with van der Waals surface area (Å²) < 4.78 is 4.81. The minimum Gasteiger partial charge on any atom is -0.463 e. The maximum atomic E-state index is 11.2. The van der Waals surface area contributed by atoms with Gasteiger partial charge in [-0.2, -0.15) is 0 Å². The number of ether oxygens (including phenoxy) is 1. The molecule has 1 rings (SSSR count). The third kappa shape index (κ3) is 5.36. The second-order valence-corrected chi connectivity index (χ2v) is 3.96. The largest absolute Gasteiger partial charge is 0.463 e. The Bertz CT molecular complexity index is 430. The van der Waals surface area contributed by atoms with Crippen molar-refractivity contribution in [3.63, 3.8) is 0 Å². The Hall–Kier alpha value is -1.54. The predicted octanol–water partition coefficient (Wildman–Crippen LogP) is 3.86. The fourth-order valence-electron chi connectivity index (χ4n) is 1.22. The highest BCUT2D eigenvalue weighted by atomic mass is 35.5. The number of benzene rings is 1. The van der Waals surface area contributed by atoms with Crippen molar-refractivity contribution >= 4 is 23.6 Å². The lowest BCUT2D eigenvalue weighted by Gasteiger charge is -1.97. The number of hydrogen-bond acceptors (Lipinski definition) is 2. The van der Waals surface area contributed by atoms with E-state index in [0.29, 0.717) is 11.6 Å². The van der Waals surface area contributed by atoms with E-state index in [1.165, 1.54) is 6.08 Å². The summed E-state index contributed by atoms with van der Waals surface area (Å²) >= 11 is 5.78. The van der Waals surface area contributed by atoms with E-state index < -0.39 is 0 Å². The van der Waals surface area contributed by atoms with Crippen LogP contribution in [0.4, 0.5) is 0 Å². The smallest absolute Gasteiger partial charge is 0.330 e. The summed E-state index contributed by atoms with van der Waals surface area (Å²) in [6.45, 7) is 4.03. The molecule has 0 heterocycles. The zero-order chi connectivity index (χ0) is 12.7. The summed E-state index contributed by atoms with van der Waals surface area (Å²) in [4.78, 5) is 11.2. The third-order valence-corrected chi connectivity index (χ3v) is 2.29. The lowest BCUT2D eigenvalue weighted by atomic mass is 10.1. The summed E-state index contributed by atoms with van der Waals surface area (Å²) in [6, 6.07) is 7.48. The topological polar surface area (TPSA) is 26.3 Å². The molecule has 1 aromatic rings. The zero-order valence-corrected chi connectivity index (χ0v) is 10.7. The van der Waals surface area contributed by atoms with Gasteiger partial charge in [0.15, 0.2) is 0 Å². The zero-order valence-electron chi connectivity index (χ0n) is 9.94. The van der Waals surface area contributed by atoms with E-state index in [2.05, 4.69) is 0 Å². The highest BCUT2D eigenvalue weighted by molar-refractivity contribution is 6.30. The van der Waals surface area contributed by atoms with Crippen LogP contribution in [0.25, 0.3) is 6.08 Å². The summed E-state index contributed by atoms with van der Waals surface area (Å²) in [5.41, 5.74) is 1.88. The van der Waals surface area contributed by atoms with Crippen LogP contribution in [0.15, 0.2) is 42.0 Å². The lowest BCUT2D eigenvalue weighted by molar-refractivity contribution is -0.137. The molecule has 0 aliphatic rings. The summed E-state index contributed by atoms with van der Waals surface area (Å²) in [5.74, 6) is -0.314. The van der Waals surface area contributed by atoms with Gasteiger partial charge in [0, 0.05) is 11.1 Å². The van der Waals surface area contributed by atoms with Crippen molar-refractivity contribution in [1.29, 1.82) is 0 Å². The molecule has 0 bridgehead atoms. The minimum absolute atomic E-state index is 0.314. The molecule has 2 nitrogen and oxygen atoms in total. The first-order chi connectivity index (χ1) is 8.11. The Morgan fingerprint density at radius 2 is 2.00 bits per heavy atom. The number of halogens is 1. The second kappa shape index (κ2) is 6.92. The second-order valence-electron chi connectivity index (χ2n) is 3.53. The standard InChI is InChI=1S/C14H15ClO2/c1-3-17-14(16)10-11(2)4-5-12-6-8-13(15)9-7-12/h4-10H,3H2,1-2H3. The SMILES string of the molecule is CCOC(=O)C=C(C)C=Cc1ccc(Cl)cc1. The van der Waals surface area contributed by atoms with Crippen LogP contribution in [-0.4, -0.2) is 12.6 Å². The highest BCUT2D eigenvalue weighted by Gasteiger charge is 1.95. The van der Waals surface area contributed by atoms with Gasteiger partial charge in [-0.05, 0) is 37.1 Å². The van der Waals surface area contributed by atoms with Crippen molar-refractivity contribution in [1.82, 2.24) is 0 Å². The van der Waals surface area contributed by atoms with Gasteiger partial charge in [0.05, 0.1) is 6.61 Å². The van der Waals surface area contributed by atoms with E-state index in [1.807, 2.05) is 43.3 Å². The number of rotatable bonds is 4. The van der Waals surface area contributed by atoms with Crippen molar-refractivity contribution in [3.8, 4) is 0 Å². The first kappa shape index (κ1) is 13.5. The van der Waals surface area contributed by atoms with Crippen LogP contribution < -0.4 is 0 Å². The third-order valence-electron chi connectivity index (χ3n) is 2.04. The highest BCUT2D eigenvalue weighted by Crippen LogP contribution is 2.11. The molecule has 3 heteroatoms. The lowest BCUT2D eigenvalue weighted by Crippen LogP contribution is -1.99. The average molecular weight is 251 g/mol. The van der Waals surface area contributed by atoms with E-state index in [4.69, 9.17) is 16.3 Å². The molecular weight excluding hydrogens is 236 g/mol. The van der Waals surface area contributed by atoms with Gasteiger partial charge in [0.1, 0.15) is 0 Å². The Balaban J connectivity index is 2.64. The maximum absolute atomic E-state index is 11.2. The molecule has 17 heavy (non-hydrogen) atoms. The summed E-state index contributed by atoms with van der Waals surface area (Å²) in [6.07, 6.45) is 5.25. The Morgan fingerprint density at radius 3 is 2.59 bits per heavy atom. The van der Waals surface area contributed by atoms with Crippen molar-refractivity contribution in [2.75, 3.05) is 6.61 Å². The Labute approximate surface area is 107 Å². The van der Waals surface area contributed by atoms with Gasteiger partial charge in [-0.1, -0.05) is 35.9 Å². The van der Waals surface area contributed by atoms with Crippen molar-refractivity contribution < 1.29 is 9.53 Å². The molecule has 0 aromatic heterocycles. The minimum atomic E-state index is -0.314. The molecule has 0 unspecified atom stereocenters. The molecule has 0 spiro atoms. The molecular formula is C14H15ClO2. The van der Waals surface area contributed by atoms with Gasteiger partial charge < -0.3 is 4.74 Å². The normalized spacial score (nSPS) is 11.8. The van der Waals surface area contributed by atoms with Crippen LogP contribution in [0.2, 0.25) is 5.02 Å². The number of carbonyl (C=O) groups excluding carboxylic acids is 1. The van der Waals surface area contributed by atoms with Crippen LogP contribution in [0.1, 0.15) is 19.4 Å². The molecule has 1 aromatic carbocycles. The molecule has 0 radical (unpaired) electrons. The molecule has 0 aliphatic carbocycles. The van der Waals surface area contributed by atoms with Gasteiger partial charge in [-0.15, -0.1) is 0 Å². The first-order valence-electron chi connectivity index (χ1n) is 5.40. The van der Waals surface area contributed by atoms with Gasteiger partial charge in [-0.25, -0.2) is 4.79 Å². The molecule has 0 N–H and O–H groups in total. The molecule has 0 fully saturated rings. The first-order valence-corrected chi connectivity index (χ1v) is 5.78.